The van der Waals surface area contributed by atoms with Crippen LogP contribution in [0.4, 0.5) is 4.39 Å². The number of halogens is 1. The number of rotatable bonds is 7. The second kappa shape index (κ2) is 7.21. The van der Waals surface area contributed by atoms with Crippen molar-refractivity contribution >= 4 is 5.84 Å². The van der Waals surface area contributed by atoms with Crippen LogP contribution in [0.1, 0.15) is 31.9 Å². The van der Waals surface area contributed by atoms with Gasteiger partial charge < -0.3 is 21.0 Å². The zero-order valence-electron chi connectivity index (χ0n) is 12.1. The van der Waals surface area contributed by atoms with Crippen LogP contribution in [0.15, 0.2) is 23.4 Å². The third kappa shape index (κ3) is 5.14. The highest BCUT2D eigenvalue weighted by Gasteiger charge is 2.16. The largest absolute Gasteiger partial charge is 0.409 e. The van der Waals surface area contributed by atoms with Crippen molar-refractivity contribution in [2.75, 3.05) is 13.2 Å². The highest BCUT2D eigenvalue weighted by Crippen LogP contribution is 2.11. The summed E-state index contributed by atoms with van der Waals surface area (Å²) in [7, 11) is 0. The van der Waals surface area contributed by atoms with E-state index in [0.29, 0.717) is 25.3 Å². The first-order valence-electron chi connectivity index (χ1n) is 6.50. The summed E-state index contributed by atoms with van der Waals surface area (Å²) in [5.41, 5.74) is 6.26. The summed E-state index contributed by atoms with van der Waals surface area (Å²) in [6, 6.07) is 4.32. The Labute approximate surface area is 118 Å². The number of amidine groups is 1. The van der Waals surface area contributed by atoms with Gasteiger partial charge in [-0.25, -0.2) is 4.39 Å². The van der Waals surface area contributed by atoms with E-state index in [4.69, 9.17) is 15.7 Å². The Hall–Kier alpha value is -1.66. The minimum atomic E-state index is -0.421. The molecular formula is C14H22FN3O2. The van der Waals surface area contributed by atoms with Gasteiger partial charge in [0.15, 0.2) is 5.84 Å². The summed E-state index contributed by atoms with van der Waals surface area (Å²) in [4.78, 5) is 0. The van der Waals surface area contributed by atoms with Gasteiger partial charge in [0.25, 0.3) is 0 Å². The Kier molecular flexibility index (Phi) is 5.91. The van der Waals surface area contributed by atoms with Crippen molar-refractivity contribution in [3.8, 4) is 0 Å². The first kappa shape index (κ1) is 16.4. The van der Waals surface area contributed by atoms with Gasteiger partial charge >= 0.3 is 0 Å². The Bertz CT molecular complexity index is 475. The molecule has 4 N–H and O–H groups in total. The fraction of sp³-hybridized carbons (Fsp3) is 0.500. The maximum absolute atomic E-state index is 13.5. The Morgan fingerprint density at radius 3 is 2.75 bits per heavy atom. The maximum atomic E-state index is 13.5. The van der Waals surface area contributed by atoms with E-state index in [9.17, 15) is 4.39 Å². The lowest BCUT2D eigenvalue weighted by molar-refractivity contribution is -0.00897. The Morgan fingerprint density at radius 1 is 1.45 bits per heavy atom. The van der Waals surface area contributed by atoms with Crippen molar-refractivity contribution in [1.82, 2.24) is 5.32 Å². The molecule has 112 valence electrons. The molecule has 0 saturated heterocycles. The van der Waals surface area contributed by atoms with Crippen molar-refractivity contribution in [1.29, 1.82) is 0 Å². The summed E-state index contributed by atoms with van der Waals surface area (Å²) in [6.07, 6.45) is 0. The lowest BCUT2D eigenvalue weighted by atomic mass is 10.1. The average molecular weight is 283 g/mol. The van der Waals surface area contributed by atoms with E-state index in [1.165, 1.54) is 12.1 Å². The van der Waals surface area contributed by atoms with E-state index in [1.54, 1.807) is 6.07 Å². The molecule has 0 atom stereocenters. The first-order valence-corrected chi connectivity index (χ1v) is 6.50. The van der Waals surface area contributed by atoms with Gasteiger partial charge in [0.2, 0.25) is 0 Å². The molecule has 0 spiro atoms. The van der Waals surface area contributed by atoms with Crippen LogP contribution >= 0.6 is 0 Å². The molecule has 0 bridgehead atoms. The van der Waals surface area contributed by atoms with Gasteiger partial charge in [0, 0.05) is 25.3 Å². The molecule has 0 amide bonds. The van der Waals surface area contributed by atoms with Crippen LogP contribution in [0, 0.1) is 5.82 Å². The summed E-state index contributed by atoms with van der Waals surface area (Å²) in [5.74, 6) is -0.532. The highest BCUT2D eigenvalue weighted by molar-refractivity contribution is 5.97. The molecule has 0 aliphatic heterocycles. The van der Waals surface area contributed by atoms with Gasteiger partial charge in [-0.15, -0.1) is 0 Å². The van der Waals surface area contributed by atoms with Crippen molar-refractivity contribution in [2.24, 2.45) is 10.9 Å². The molecule has 1 aromatic rings. The number of oxime groups is 1. The van der Waals surface area contributed by atoms with Crippen molar-refractivity contribution in [3.63, 3.8) is 0 Å². The Balaban J connectivity index is 2.67. The molecule has 1 rings (SSSR count). The monoisotopic (exact) mass is 283 g/mol. The van der Waals surface area contributed by atoms with Crippen LogP contribution in [-0.2, 0) is 11.3 Å². The molecule has 20 heavy (non-hydrogen) atoms. The smallest absolute Gasteiger partial charge is 0.170 e. The van der Waals surface area contributed by atoms with Gasteiger partial charge in [-0.3, -0.25) is 0 Å². The normalized spacial score (nSPS) is 12.7. The van der Waals surface area contributed by atoms with Crippen molar-refractivity contribution in [3.05, 3.63) is 35.1 Å². The fourth-order valence-corrected chi connectivity index (χ4v) is 1.91. The second-order valence-corrected chi connectivity index (χ2v) is 5.13. The zero-order valence-corrected chi connectivity index (χ0v) is 12.1. The molecular weight excluding hydrogens is 261 g/mol. The average Bonchev–Trinajstić information content (AvgIpc) is 2.36. The summed E-state index contributed by atoms with van der Waals surface area (Å²) < 4.78 is 19.0. The predicted molar refractivity (Wildman–Crippen MR) is 76.3 cm³/mol. The standard InChI is InChI=1S/C14H22FN3O2/c1-4-20-14(2,3)9-17-8-10-5-11(13(16)18-19)7-12(15)6-10/h5-7,17,19H,4,8-9H2,1-3H3,(H2,16,18). The van der Waals surface area contributed by atoms with E-state index in [1.807, 2.05) is 20.8 Å². The molecule has 0 heterocycles. The molecule has 0 radical (unpaired) electrons. The van der Waals surface area contributed by atoms with Gasteiger partial charge in [0.1, 0.15) is 5.82 Å². The topological polar surface area (TPSA) is 79.9 Å². The molecule has 0 unspecified atom stereocenters. The van der Waals surface area contributed by atoms with E-state index in [-0.39, 0.29) is 11.4 Å². The number of hydrogen-bond donors (Lipinski definition) is 3. The van der Waals surface area contributed by atoms with Gasteiger partial charge in [0.05, 0.1) is 5.60 Å². The quantitative estimate of drug-likeness (QED) is 0.309. The van der Waals surface area contributed by atoms with Crippen LogP contribution in [0.5, 0.6) is 0 Å². The molecule has 0 fully saturated rings. The first-order chi connectivity index (χ1) is 9.38. The van der Waals surface area contributed by atoms with Crippen LogP contribution in [0.3, 0.4) is 0 Å². The summed E-state index contributed by atoms with van der Waals surface area (Å²) in [6.45, 7) is 7.66. The SMILES string of the molecule is CCOC(C)(C)CNCc1cc(F)cc(/C(N)=N/O)c1. The molecule has 0 saturated carbocycles. The summed E-state index contributed by atoms with van der Waals surface area (Å²) >= 11 is 0. The predicted octanol–water partition coefficient (Wildman–Crippen LogP) is 1.82. The van der Waals surface area contributed by atoms with E-state index < -0.39 is 5.82 Å². The van der Waals surface area contributed by atoms with Crippen molar-refractivity contribution in [2.45, 2.75) is 32.9 Å². The Morgan fingerprint density at radius 2 is 2.15 bits per heavy atom. The molecule has 5 nitrogen and oxygen atoms in total. The molecule has 0 aliphatic carbocycles. The number of benzene rings is 1. The van der Waals surface area contributed by atoms with Gasteiger partial charge in [-0.05, 0) is 44.5 Å². The third-order valence-corrected chi connectivity index (χ3v) is 2.78. The fourth-order valence-electron chi connectivity index (χ4n) is 1.91. The highest BCUT2D eigenvalue weighted by atomic mass is 19.1. The lowest BCUT2D eigenvalue weighted by Gasteiger charge is -2.25. The van der Waals surface area contributed by atoms with Crippen LogP contribution in [0.25, 0.3) is 0 Å². The van der Waals surface area contributed by atoms with E-state index in [2.05, 4.69) is 10.5 Å². The van der Waals surface area contributed by atoms with Crippen LogP contribution in [-0.4, -0.2) is 29.8 Å². The number of hydrogen-bond acceptors (Lipinski definition) is 4. The maximum Gasteiger partial charge on any atom is 0.170 e. The van der Waals surface area contributed by atoms with E-state index >= 15 is 0 Å². The lowest BCUT2D eigenvalue weighted by Crippen LogP contribution is -2.37. The minimum Gasteiger partial charge on any atom is -0.409 e. The molecule has 0 aliphatic rings. The second-order valence-electron chi connectivity index (χ2n) is 5.13. The van der Waals surface area contributed by atoms with E-state index in [0.717, 1.165) is 5.56 Å². The summed E-state index contributed by atoms with van der Waals surface area (Å²) in [5, 5.41) is 14.7. The number of nitrogens with one attached hydrogen (secondary N) is 1. The molecule has 6 heteroatoms. The minimum absolute atomic E-state index is 0.111. The molecule has 0 aromatic heterocycles. The van der Waals surface area contributed by atoms with Gasteiger partial charge in [-0.2, -0.15) is 0 Å². The van der Waals surface area contributed by atoms with Crippen LogP contribution < -0.4 is 11.1 Å². The van der Waals surface area contributed by atoms with Gasteiger partial charge in [-0.1, -0.05) is 5.16 Å². The third-order valence-electron chi connectivity index (χ3n) is 2.78. The van der Waals surface area contributed by atoms with Crippen LogP contribution in [0.2, 0.25) is 0 Å². The zero-order chi connectivity index (χ0) is 15.2. The number of ether oxygens (including phenoxy) is 1. The number of nitrogens with zero attached hydrogens (tertiary/aromatic N) is 1. The number of nitrogens with two attached hydrogens (primary N) is 1. The molecule has 1 aromatic carbocycles. The van der Waals surface area contributed by atoms with Crippen molar-refractivity contribution < 1.29 is 14.3 Å².